The first-order valence-corrected chi connectivity index (χ1v) is 6.85. The van der Waals surface area contributed by atoms with Crippen LogP contribution in [0, 0.1) is 11.6 Å². The number of hydrogen-bond acceptors (Lipinski definition) is 2. The van der Waals surface area contributed by atoms with Gasteiger partial charge in [0.05, 0.1) is 6.10 Å². The molecule has 1 N–H and O–H groups in total. The molecular formula is C15H23F2NO. The van der Waals surface area contributed by atoms with E-state index in [9.17, 15) is 13.9 Å². The van der Waals surface area contributed by atoms with E-state index in [0.717, 1.165) is 19.0 Å². The number of unbranched alkanes of at least 4 members (excludes halogenated alkanes) is 2. The third kappa shape index (κ3) is 6.12. The Hall–Kier alpha value is -1.00. The topological polar surface area (TPSA) is 23.5 Å². The second-order valence-electron chi connectivity index (χ2n) is 5.02. The van der Waals surface area contributed by atoms with Gasteiger partial charge in [-0.3, -0.25) is 0 Å². The van der Waals surface area contributed by atoms with Crippen molar-refractivity contribution in [3.8, 4) is 0 Å². The summed E-state index contributed by atoms with van der Waals surface area (Å²) in [7, 11) is 1.99. The van der Waals surface area contributed by atoms with Crippen LogP contribution in [0.5, 0.6) is 0 Å². The normalized spacial score (nSPS) is 12.9. The van der Waals surface area contributed by atoms with E-state index in [-0.39, 0.29) is 0 Å². The summed E-state index contributed by atoms with van der Waals surface area (Å²) in [4.78, 5) is 2.13. The zero-order chi connectivity index (χ0) is 14.3. The molecule has 0 aromatic heterocycles. The number of halogens is 2. The van der Waals surface area contributed by atoms with E-state index in [4.69, 9.17) is 0 Å². The Morgan fingerprint density at radius 3 is 2.32 bits per heavy atom. The van der Waals surface area contributed by atoms with Crippen molar-refractivity contribution in [2.24, 2.45) is 0 Å². The van der Waals surface area contributed by atoms with Crippen molar-refractivity contribution in [1.29, 1.82) is 0 Å². The average Bonchev–Trinajstić information content (AvgIpc) is 2.35. The largest absolute Gasteiger partial charge is 0.388 e. The van der Waals surface area contributed by atoms with Gasteiger partial charge in [-0.05, 0) is 44.1 Å². The van der Waals surface area contributed by atoms with Gasteiger partial charge >= 0.3 is 0 Å². The highest BCUT2D eigenvalue weighted by Crippen LogP contribution is 2.19. The highest BCUT2D eigenvalue weighted by atomic mass is 19.1. The highest BCUT2D eigenvalue weighted by molar-refractivity contribution is 5.20. The van der Waals surface area contributed by atoms with Gasteiger partial charge in [-0.25, -0.2) is 8.78 Å². The Bertz CT molecular complexity index is 364. The molecule has 2 nitrogen and oxygen atoms in total. The number of aliphatic hydroxyl groups is 1. The number of aliphatic hydroxyl groups excluding tert-OH is 1. The first-order valence-electron chi connectivity index (χ1n) is 6.85. The lowest BCUT2D eigenvalue weighted by Gasteiger charge is -2.19. The molecule has 0 aliphatic carbocycles. The number of rotatable bonds is 8. The standard InChI is InChI=1S/C15H23F2NO/c1-3-4-5-7-18(2)8-6-15(19)12-9-13(16)11-14(17)10-12/h9-11,15,19H,3-8H2,1-2H3. The molecule has 1 aromatic rings. The van der Waals surface area contributed by atoms with Crippen molar-refractivity contribution < 1.29 is 13.9 Å². The molecule has 0 aliphatic rings. The minimum Gasteiger partial charge on any atom is -0.388 e. The maximum atomic E-state index is 13.0. The van der Waals surface area contributed by atoms with E-state index in [0.29, 0.717) is 18.5 Å². The van der Waals surface area contributed by atoms with Crippen molar-refractivity contribution >= 4 is 0 Å². The number of nitrogens with zero attached hydrogens (tertiary/aromatic N) is 1. The van der Waals surface area contributed by atoms with Crippen molar-refractivity contribution in [3.63, 3.8) is 0 Å². The first kappa shape index (κ1) is 16.1. The maximum absolute atomic E-state index is 13.0. The van der Waals surface area contributed by atoms with Crippen molar-refractivity contribution in [1.82, 2.24) is 4.90 Å². The summed E-state index contributed by atoms with van der Waals surface area (Å²) in [6, 6.07) is 3.18. The summed E-state index contributed by atoms with van der Waals surface area (Å²) in [5.41, 5.74) is 0.305. The second-order valence-corrected chi connectivity index (χ2v) is 5.02. The van der Waals surface area contributed by atoms with E-state index in [1.165, 1.54) is 25.0 Å². The molecule has 0 radical (unpaired) electrons. The van der Waals surface area contributed by atoms with Crippen LogP contribution in [0.2, 0.25) is 0 Å². The molecule has 4 heteroatoms. The van der Waals surface area contributed by atoms with Crippen LogP contribution in [0.25, 0.3) is 0 Å². The Kier molecular flexibility index (Phi) is 6.95. The third-order valence-corrected chi connectivity index (χ3v) is 3.20. The maximum Gasteiger partial charge on any atom is 0.126 e. The molecule has 0 bridgehead atoms. The molecule has 108 valence electrons. The van der Waals surface area contributed by atoms with Crippen LogP contribution in [-0.4, -0.2) is 30.1 Å². The van der Waals surface area contributed by atoms with Crippen LogP contribution in [0.4, 0.5) is 8.78 Å². The summed E-state index contributed by atoms with van der Waals surface area (Å²) in [6.07, 6.45) is 3.17. The quantitative estimate of drug-likeness (QED) is 0.731. The number of hydrogen-bond donors (Lipinski definition) is 1. The van der Waals surface area contributed by atoms with Crippen LogP contribution in [-0.2, 0) is 0 Å². The molecule has 0 saturated heterocycles. The molecular weight excluding hydrogens is 248 g/mol. The molecule has 0 saturated carbocycles. The lowest BCUT2D eigenvalue weighted by atomic mass is 10.1. The molecule has 19 heavy (non-hydrogen) atoms. The van der Waals surface area contributed by atoms with Gasteiger partial charge < -0.3 is 10.0 Å². The van der Waals surface area contributed by atoms with Crippen LogP contribution in [0.1, 0.15) is 44.3 Å². The Morgan fingerprint density at radius 1 is 1.11 bits per heavy atom. The zero-order valence-electron chi connectivity index (χ0n) is 11.7. The van der Waals surface area contributed by atoms with E-state index < -0.39 is 17.7 Å². The van der Waals surface area contributed by atoms with E-state index >= 15 is 0 Å². The van der Waals surface area contributed by atoms with Gasteiger partial charge in [0, 0.05) is 12.6 Å². The van der Waals surface area contributed by atoms with Gasteiger partial charge in [0.1, 0.15) is 11.6 Å². The fourth-order valence-corrected chi connectivity index (χ4v) is 2.02. The summed E-state index contributed by atoms with van der Waals surface area (Å²) >= 11 is 0. The molecule has 1 rings (SSSR count). The van der Waals surface area contributed by atoms with Crippen molar-refractivity contribution in [2.45, 2.75) is 38.7 Å². The molecule has 0 heterocycles. The zero-order valence-corrected chi connectivity index (χ0v) is 11.7. The summed E-state index contributed by atoms with van der Waals surface area (Å²) in [5, 5.41) is 9.93. The Balaban J connectivity index is 2.39. The van der Waals surface area contributed by atoms with Crippen molar-refractivity contribution in [3.05, 3.63) is 35.4 Å². The monoisotopic (exact) mass is 271 g/mol. The van der Waals surface area contributed by atoms with E-state index in [1.54, 1.807) is 0 Å². The fourth-order valence-electron chi connectivity index (χ4n) is 2.02. The molecule has 1 unspecified atom stereocenters. The Morgan fingerprint density at radius 2 is 1.74 bits per heavy atom. The molecule has 0 fully saturated rings. The first-order chi connectivity index (χ1) is 9.02. The summed E-state index contributed by atoms with van der Waals surface area (Å²) < 4.78 is 26.1. The predicted octanol–water partition coefficient (Wildman–Crippen LogP) is 3.51. The third-order valence-electron chi connectivity index (χ3n) is 3.20. The second kappa shape index (κ2) is 8.23. The van der Waals surface area contributed by atoms with Crippen LogP contribution in [0.3, 0.4) is 0 Å². The minimum atomic E-state index is -0.821. The van der Waals surface area contributed by atoms with Crippen LogP contribution < -0.4 is 0 Å². The highest BCUT2D eigenvalue weighted by Gasteiger charge is 2.11. The van der Waals surface area contributed by atoms with Crippen LogP contribution >= 0.6 is 0 Å². The van der Waals surface area contributed by atoms with Gasteiger partial charge in [0.2, 0.25) is 0 Å². The smallest absolute Gasteiger partial charge is 0.126 e. The van der Waals surface area contributed by atoms with Crippen molar-refractivity contribution in [2.75, 3.05) is 20.1 Å². The van der Waals surface area contributed by atoms with Gasteiger partial charge in [0.25, 0.3) is 0 Å². The average molecular weight is 271 g/mol. The van der Waals surface area contributed by atoms with Gasteiger partial charge in [-0.1, -0.05) is 19.8 Å². The molecule has 1 aromatic carbocycles. The fraction of sp³-hybridized carbons (Fsp3) is 0.600. The van der Waals surface area contributed by atoms with Gasteiger partial charge in [-0.15, -0.1) is 0 Å². The van der Waals surface area contributed by atoms with E-state index in [2.05, 4.69) is 11.8 Å². The Labute approximate surface area is 114 Å². The predicted molar refractivity (Wildman–Crippen MR) is 73.0 cm³/mol. The molecule has 0 spiro atoms. The minimum absolute atomic E-state index is 0.305. The lowest BCUT2D eigenvalue weighted by Crippen LogP contribution is -2.22. The lowest BCUT2D eigenvalue weighted by molar-refractivity contribution is 0.148. The summed E-state index contributed by atoms with van der Waals surface area (Å²) in [5.74, 6) is -1.30. The molecule has 0 aliphatic heterocycles. The van der Waals surface area contributed by atoms with Gasteiger partial charge in [0.15, 0.2) is 0 Å². The number of benzene rings is 1. The summed E-state index contributed by atoms with van der Waals surface area (Å²) in [6.45, 7) is 3.85. The van der Waals surface area contributed by atoms with Crippen LogP contribution in [0.15, 0.2) is 18.2 Å². The van der Waals surface area contributed by atoms with Gasteiger partial charge in [-0.2, -0.15) is 0 Å². The van der Waals surface area contributed by atoms with E-state index in [1.807, 2.05) is 7.05 Å². The SMILES string of the molecule is CCCCCN(C)CCC(O)c1cc(F)cc(F)c1. The molecule has 1 atom stereocenters. The molecule has 0 amide bonds.